The van der Waals surface area contributed by atoms with Crippen molar-refractivity contribution in [3.8, 4) is 0 Å². The summed E-state index contributed by atoms with van der Waals surface area (Å²) >= 11 is 9.60. The molecule has 1 aromatic heterocycles. The van der Waals surface area contributed by atoms with Gasteiger partial charge in [0.25, 0.3) is 0 Å². The minimum Gasteiger partial charge on any atom is -0.352 e. The standard InChI is InChI=1S/C14H19BrClN3/c15-13-7-11(16)8-18-14(13)19(12-1-2-12)9-10-3-5-17-6-4-10/h7-8,10,12,17H,1-6,9H2. The van der Waals surface area contributed by atoms with E-state index in [9.17, 15) is 0 Å². The van der Waals surface area contributed by atoms with Crippen LogP contribution in [0.3, 0.4) is 0 Å². The quantitative estimate of drug-likeness (QED) is 0.906. The van der Waals surface area contributed by atoms with E-state index >= 15 is 0 Å². The largest absolute Gasteiger partial charge is 0.352 e. The van der Waals surface area contributed by atoms with Crippen LogP contribution in [-0.4, -0.2) is 30.7 Å². The number of pyridine rings is 1. The number of halogens is 2. The molecule has 0 radical (unpaired) electrons. The number of hydrogen-bond acceptors (Lipinski definition) is 3. The van der Waals surface area contributed by atoms with E-state index in [1.54, 1.807) is 6.20 Å². The fourth-order valence-corrected chi connectivity index (χ4v) is 3.62. The molecule has 1 saturated carbocycles. The Kier molecular flexibility index (Phi) is 4.30. The summed E-state index contributed by atoms with van der Waals surface area (Å²) in [6.07, 6.45) is 6.88. The van der Waals surface area contributed by atoms with E-state index in [-0.39, 0.29) is 0 Å². The van der Waals surface area contributed by atoms with Gasteiger partial charge in [0, 0.05) is 18.8 Å². The van der Waals surface area contributed by atoms with Crippen LogP contribution < -0.4 is 10.2 Å². The molecule has 104 valence electrons. The van der Waals surface area contributed by atoms with E-state index in [1.165, 1.54) is 25.7 Å². The van der Waals surface area contributed by atoms with Gasteiger partial charge < -0.3 is 10.2 Å². The first-order chi connectivity index (χ1) is 9.24. The van der Waals surface area contributed by atoms with Crippen molar-refractivity contribution in [1.82, 2.24) is 10.3 Å². The Hall–Kier alpha value is -0.320. The molecular weight excluding hydrogens is 326 g/mol. The second-order valence-corrected chi connectivity index (χ2v) is 6.83. The van der Waals surface area contributed by atoms with E-state index in [4.69, 9.17) is 11.6 Å². The fraction of sp³-hybridized carbons (Fsp3) is 0.643. The zero-order valence-corrected chi connectivity index (χ0v) is 13.3. The lowest BCUT2D eigenvalue weighted by atomic mass is 9.97. The van der Waals surface area contributed by atoms with E-state index in [2.05, 4.69) is 31.1 Å². The highest BCUT2D eigenvalue weighted by Gasteiger charge is 2.32. The average molecular weight is 345 g/mol. The second kappa shape index (κ2) is 5.98. The third-order valence-electron chi connectivity index (χ3n) is 3.96. The number of nitrogens with one attached hydrogen (secondary N) is 1. The molecule has 0 spiro atoms. The molecule has 5 heteroatoms. The summed E-state index contributed by atoms with van der Waals surface area (Å²) < 4.78 is 1.01. The Morgan fingerprint density at radius 2 is 2.05 bits per heavy atom. The Morgan fingerprint density at radius 3 is 2.68 bits per heavy atom. The van der Waals surface area contributed by atoms with Crippen LogP contribution in [0.1, 0.15) is 25.7 Å². The first-order valence-electron chi connectivity index (χ1n) is 7.02. The Morgan fingerprint density at radius 1 is 1.32 bits per heavy atom. The number of rotatable bonds is 4. The van der Waals surface area contributed by atoms with Gasteiger partial charge in [0.2, 0.25) is 0 Å². The van der Waals surface area contributed by atoms with Crippen molar-refractivity contribution in [2.75, 3.05) is 24.5 Å². The first kappa shape index (κ1) is 13.7. The van der Waals surface area contributed by atoms with Crippen molar-refractivity contribution in [1.29, 1.82) is 0 Å². The van der Waals surface area contributed by atoms with Gasteiger partial charge >= 0.3 is 0 Å². The third kappa shape index (κ3) is 3.41. The molecule has 0 amide bonds. The molecule has 0 unspecified atom stereocenters. The van der Waals surface area contributed by atoms with Crippen LogP contribution in [0.5, 0.6) is 0 Å². The molecule has 1 aliphatic carbocycles. The second-order valence-electron chi connectivity index (χ2n) is 5.54. The van der Waals surface area contributed by atoms with Crippen LogP contribution in [0.2, 0.25) is 5.02 Å². The number of aromatic nitrogens is 1. The highest BCUT2D eigenvalue weighted by Crippen LogP contribution is 2.36. The minimum atomic E-state index is 0.680. The van der Waals surface area contributed by atoms with E-state index in [1.807, 2.05) is 6.07 Å². The van der Waals surface area contributed by atoms with Crippen LogP contribution >= 0.6 is 27.5 Å². The normalized spacial score (nSPS) is 20.5. The third-order valence-corrected chi connectivity index (χ3v) is 4.75. The Bertz CT molecular complexity index is 444. The molecule has 0 atom stereocenters. The van der Waals surface area contributed by atoms with Crippen LogP contribution in [0, 0.1) is 5.92 Å². The van der Waals surface area contributed by atoms with Crippen molar-refractivity contribution < 1.29 is 0 Å². The number of nitrogens with zero attached hydrogens (tertiary/aromatic N) is 2. The highest BCUT2D eigenvalue weighted by molar-refractivity contribution is 9.10. The summed E-state index contributed by atoms with van der Waals surface area (Å²) in [7, 11) is 0. The zero-order chi connectivity index (χ0) is 13.2. The maximum Gasteiger partial charge on any atom is 0.143 e. The molecular formula is C14H19BrClN3. The maximum absolute atomic E-state index is 5.99. The fourth-order valence-electron chi connectivity index (χ4n) is 2.76. The lowest BCUT2D eigenvalue weighted by Gasteiger charge is -2.31. The van der Waals surface area contributed by atoms with Gasteiger partial charge in [-0.1, -0.05) is 11.6 Å². The van der Waals surface area contributed by atoms with Gasteiger partial charge in [0.15, 0.2) is 0 Å². The smallest absolute Gasteiger partial charge is 0.143 e. The molecule has 1 saturated heterocycles. The van der Waals surface area contributed by atoms with Gasteiger partial charge in [-0.15, -0.1) is 0 Å². The minimum absolute atomic E-state index is 0.680. The molecule has 2 aliphatic rings. The van der Waals surface area contributed by atoms with Crippen LogP contribution in [-0.2, 0) is 0 Å². The predicted molar refractivity (Wildman–Crippen MR) is 82.9 cm³/mol. The molecule has 19 heavy (non-hydrogen) atoms. The van der Waals surface area contributed by atoms with Crippen LogP contribution in [0.4, 0.5) is 5.82 Å². The molecule has 1 N–H and O–H groups in total. The molecule has 2 heterocycles. The van der Waals surface area contributed by atoms with Crippen LogP contribution in [0.15, 0.2) is 16.7 Å². The molecule has 0 aromatic carbocycles. The Balaban J connectivity index is 1.76. The summed E-state index contributed by atoms with van der Waals surface area (Å²) in [5.74, 6) is 1.84. The summed E-state index contributed by atoms with van der Waals surface area (Å²) in [6.45, 7) is 3.43. The summed E-state index contributed by atoms with van der Waals surface area (Å²) in [5.41, 5.74) is 0. The van der Waals surface area contributed by atoms with E-state index < -0.39 is 0 Å². The van der Waals surface area contributed by atoms with E-state index in [0.29, 0.717) is 11.1 Å². The SMILES string of the molecule is Clc1cnc(N(CC2CCNCC2)C2CC2)c(Br)c1. The number of anilines is 1. The molecule has 1 aromatic rings. The van der Waals surface area contributed by atoms with Crippen LogP contribution in [0.25, 0.3) is 0 Å². The zero-order valence-electron chi connectivity index (χ0n) is 10.9. The van der Waals surface area contributed by atoms with Gasteiger partial charge in [-0.05, 0) is 66.7 Å². The lowest BCUT2D eigenvalue weighted by Crippen LogP contribution is -2.37. The molecule has 1 aliphatic heterocycles. The maximum atomic E-state index is 5.99. The van der Waals surface area contributed by atoms with Crippen molar-refractivity contribution in [2.45, 2.75) is 31.7 Å². The van der Waals surface area contributed by atoms with Gasteiger partial charge in [0.1, 0.15) is 5.82 Å². The summed E-state index contributed by atoms with van der Waals surface area (Å²) in [4.78, 5) is 7.02. The number of piperidine rings is 1. The van der Waals surface area contributed by atoms with Crippen molar-refractivity contribution in [3.63, 3.8) is 0 Å². The highest BCUT2D eigenvalue weighted by atomic mass is 79.9. The van der Waals surface area contributed by atoms with Gasteiger partial charge in [0.05, 0.1) is 9.50 Å². The van der Waals surface area contributed by atoms with E-state index in [0.717, 1.165) is 35.8 Å². The monoisotopic (exact) mass is 343 g/mol. The average Bonchev–Trinajstić information content (AvgIpc) is 3.22. The van der Waals surface area contributed by atoms with Gasteiger partial charge in [-0.25, -0.2) is 4.98 Å². The Labute approximate surface area is 127 Å². The number of hydrogen-bond donors (Lipinski definition) is 1. The van der Waals surface area contributed by atoms with Crippen molar-refractivity contribution in [3.05, 3.63) is 21.8 Å². The molecule has 0 bridgehead atoms. The molecule has 2 fully saturated rings. The van der Waals surface area contributed by atoms with Crippen molar-refractivity contribution >= 4 is 33.3 Å². The molecule has 3 rings (SSSR count). The molecule has 3 nitrogen and oxygen atoms in total. The van der Waals surface area contributed by atoms with Gasteiger partial charge in [-0.3, -0.25) is 0 Å². The predicted octanol–water partition coefficient (Wildman–Crippen LogP) is 3.47. The topological polar surface area (TPSA) is 28.2 Å². The van der Waals surface area contributed by atoms with Crippen molar-refractivity contribution in [2.24, 2.45) is 5.92 Å². The lowest BCUT2D eigenvalue weighted by molar-refractivity contribution is 0.372. The first-order valence-corrected chi connectivity index (χ1v) is 8.19. The van der Waals surface area contributed by atoms with Gasteiger partial charge in [-0.2, -0.15) is 0 Å². The summed E-state index contributed by atoms with van der Waals surface area (Å²) in [6, 6.07) is 2.63. The summed E-state index contributed by atoms with van der Waals surface area (Å²) in [5, 5.41) is 4.12.